The minimum Gasteiger partial charge on any atom is -0.489 e. The first-order valence-corrected chi connectivity index (χ1v) is 8.12. The third kappa shape index (κ3) is 4.98. The molecule has 2 N–H and O–H groups in total. The summed E-state index contributed by atoms with van der Waals surface area (Å²) in [5.41, 5.74) is 0.795. The molecule has 0 radical (unpaired) electrons. The summed E-state index contributed by atoms with van der Waals surface area (Å²) in [6.45, 7) is 4.10. The van der Waals surface area contributed by atoms with Crippen molar-refractivity contribution >= 4 is 24.0 Å². The summed E-state index contributed by atoms with van der Waals surface area (Å²) in [6, 6.07) is 8.78. The largest absolute Gasteiger partial charge is 0.489 e. The summed E-state index contributed by atoms with van der Waals surface area (Å²) in [5, 5.41) is 6.60. The molecule has 0 saturated carbocycles. The van der Waals surface area contributed by atoms with E-state index in [1.807, 2.05) is 24.3 Å². The molecule has 0 spiro atoms. The van der Waals surface area contributed by atoms with Crippen LogP contribution >= 0.6 is 12.4 Å². The Hall–Kier alpha value is -1.52. The van der Waals surface area contributed by atoms with Crippen LogP contribution in [0.4, 0.5) is 5.69 Å². The average Bonchev–Trinajstić information content (AvgIpc) is 2.84. The van der Waals surface area contributed by atoms with Crippen LogP contribution in [-0.4, -0.2) is 24.6 Å². The molecule has 2 fully saturated rings. The second-order valence-electron chi connectivity index (χ2n) is 6.36. The van der Waals surface area contributed by atoms with Crippen LogP contribution in [0.1, 0.15) is 32.1 Å². The third-order valence-electron chi connectivity index (χ3n) is 4.53. The Morgan fingerprint density at radius 3 is 2.78 bits per heavy atom. The number of anilines is 1. The molecule has 5 heteroatoms. The van der Waals surface area contributed by atoms with E-state index in [0.717, 1.165) is 24.3 Å². The smallest absolute Gasteiger partial charge is 0.224 e. The fourth-order valence-corrected chi connectivity index (χ4v) is 3.63. The molecule has 0 aromatic heterocycles. The summed E-state index contributed by atoms with van der Waals surface area (Å²) in [7, 11) is 0. The number of benzene rings is 1. The number of rotatable bonds is 6. The van der Waals surface area contributed by atoms with Gasteiger partial charge >= 0.3 is 0 Å². The van der Waals surface area contributed by atoms with Crippen LogP contribution in [0.3, 0.4) is 0 Å². The number of halogens is 1. The normalized spacial score (nSPS) is 25.3. The number of amides is 1. The van der Waals surface area contributed by atoms with Crippen molar-refractivity contribution in [3.05, 3.63) is 36.9 Å². The quantitative estimate of drug-likeness (QED) is 0.781. The molecule has 1 aromatic rings. The van der Waals surface area contributed by atoms with Crippen LogP contribution in [0.15, 0.2) is 36.9 Å². The van der Waals surface area contributed by atoms with Crippen LogP contribution in [-0.2, 0) is 4.79 Å². The zero-order valence-corrected chi connectivity index (χ0v) is 14.1. The van der Waals surface area contributed by atoms with Crippen molar-refractivity contribution in [3.63, 3.8) is 0 Å². The first-order chi connectivity index (χ1) is 10.7. The fraction of sp³-hybridized carbons (Fsp3) is 0.500. The van der Waals surface area contributed by atoms with E-state index < -0.39 is 0 Å². The van der Waals surface area contributed by atoms with Crippen molar-refractivity contribution in [2.75, 3.05) is 11.9 Å². The second kappa shape index (κ2) is 8.37. The van der Waals surface area contributed by atoms with Gasteiger partial charge in [-0.05, 0) is 43.7 Å². The van der Waals surface area contributed by atoms with E-state index in [9.17, 15) is 4.79 Å². The Balaban J connectivity index is 0.00000192. The van der Waals surface area contributed by atoms with E-state index in [-0.39, 0.29) is 18.3 Å². The highest BCUT2D eigenvalue weighted by Crippen LogP contribution is 2.32. The fourth-order valence-electron chi connectivity index (χ4n) is 3.63. The monoisotopic (exact) mass is 336 g/mol. The highest BCUT2D eigenvalue weighted by Gasteiger charge is 2.34. The predicted molar refractivity (Wildman–Crippen MR) is 95.3 cm³/mol. The number of fused-ring (bicyclic) bond motifs is 2. The minimum atomic E-state index is 0. The van der Waals surface area contributed by atoms with Crippen LogP contribution < -0.4 is 15.4 Å². The SMILES string of the molecule is C=CCOc1cccc(NC(=O)CC2CC3CCC(C2)N3)c1.Cl. The number of piperidine rings is 1. The van der Waals surface area contributed by atoms with E-state index in [1.165, 1.54) is 12.8 Å². The first kappa shape index (κ1) is 17.8. The van der Waals surface area contributed by atoms with Gasteiger partial charge in [-0.25, -0.2) is 0 Å². The van der Waals surface area contributed by atoms with Gasteiger partial charge in [-0.3, -0.25) is 4.79 Å². The number of nitrogens with one attached hydrogen (secondary N) is 2. The van der Waals surface area contributed by atoms with Gasteiger partial charge in [0.2, 0.25) is 5.91 Å². The molecule has 2 bridgehead atoms. The van der Waals surface area contributed by atoms with Crippen molar-refractivity contribution in [2.24, 2.45) is 5.92 Å². The van der Waals surface area contributed by atoms with Gasteiger partial charge in [0.15, 0.2) is 0 Å². The van der Waals surface area contributed by atoms with E-state index >= 15 is 0 Å². The van der Waals surface area contributed by atoms with Crippen LogP contribution in [0, 0.1) is 5.92 Å². The zero-order chi connectivity index (χ0) is 15.4. The molecule has 2 saturated heterocycles. The van der Waals surface area contributed by atoms with Gasteiger partial charge in [0.1, 0.15) is 12.4 Å². The Labute approximate surface area is 144 Å². The van der Waals surface area contributed by atoms with Crippen LogP contribution in [0.2, 0.25) is 0 Å². The lowest BCUT2D eigenvalue weighted by Gasteiger charge is -2.28. The third-order valence-corrected chi connectivity index (χ3v) is 4.53. The Morgan fingerprint density at radius 2 is 2.09 bits per heavy atom. The Kier molecular flexibility index (Phi) is 6.48. The number of hydrogen-bond donors (Lipinski definition) is 2. The topological polar surface area (TPSA) is 50.4 Å². The van der Waals surface area contributed by atoms with Crippen LogP contribution in [0.5, 0.6) is 5.75 Å². The molecule has 2 aliphatic heterocycles. The summed E-state index contributed by atoms with van der Waals surface area (Å²) in [5.74, 6) is 1.36. The van der Waals surface area contributed by atoms with Crippen molar-refractivity contribution in [3.8, 4) is 5.75 Å². The number of carbonyl (C=O) groups excluding carboxylic acids is 1. The molecule has 2 unspecified atom stereocenters. The van der Waals surface area contributed by atoms with Crippen LogP contribution in [0.25, 0.3) is 0 Å². The molecular formula is C18H25ClN2O2. The van der Waals surface area contributed by atoms with Gasteiger partial charge in [0.25, 0.3) is 0 Å². The maximum absolute atomic E-state index is 12.3. The number of carbonyl (C=O) groups is 1. The molecule has 4 nitrogen and oxygen atoms in total. The van der Waals surface area contributed by atoms with Gasteiger partial charge in [-0.15, -0.1) is 12.4 Å². The van der Waals surface area contributed by atoms with Crippen molar-refractivity contribution in [1.29, 1.82) is 0 Å². The number of ether oxygens (including phenoxy) is 1. The van der Waals surface area contributed by atoms with Crippen molar-refractivity contribution < 1.29 is 9.53 Å². The van der Waals surface area contributed by atoms with Gasteiger partial charge < -0.3 is 15.4 Å². The first-order valence-electron chi connectivity index (χ1n) is 8.12. The Bertz CT molecular complexity index is 538. The Morgan fingerprint density at radius 1 is 1.35 bits per heavy atom. The van der Waals surface area contributed by atoms with Crippen molar-refractivity contribution in [1.82, 2.24) is 5.32 Å². The van der Waals surface area contributed by atoms with Crippen molar-refractivity contribution in [2.45, 2.75) is 44.2 Å². The molecule has 1 aromatic carbocycles. The maximum atomic E-state index is 12.3. The molecule has 2 atom stereocenters. The standard InChI is InChI=1S/C18H24N2O2.ClH/c1-2-8-22-17-5-3-4-14(12-17)20-18(21)11-13-9-15-6-7-16(10-13)19-15;/h2-5,12-13,15-16,19H,1,6-11H2,(H,20,21);1H. The van der Waals surface area contributed by atoms with E-state index in [4.69, 9.17) is 4.74 Å². The van der Waals surface area contributed by atoms with Gasteiger partial charge in [0, 0.05) is 30.3 Å². The molecular weight excluding hydrogens is 312 g/mol. The van der Waals surface area contributed by atoms with E-state index in [1.54, 1.807) is 6.08 Å². The summed E-state index contributed by atoms with van der Waals surface area (Å²) >= 11 is 0. The predicted octanol–water partition coefficient (Wildman–Crippen LogP) is 3.53. The molecule has 23 heavy (non-hydrogen) atoms. The van der Waals surface area contributed by atoms with Gasteiger partial charge in [0.05, 0.1) is 0 Å². The summed E-state index contributed by atoms with van der Waals surface area (Å²) in [4.78, 5) is 12.3. The van der Waals surface area contributed by atoms with Gasteiger partial charge in [-0.2, -0.15) is 0 Å². The zero-order valence-electron chi connectivity index (χ0n) is 13.3. The van der Waals surface area contributed by atoms with Gasteiger partial charge in [-0.1, -0.05) is 18.7 Å². The maximum Gasteiger partial charge on any atom is 0.224 e. The molecule has 126 valence electrons. The lowest BCUT2D eigenvalue weighted by molar-refractivity contribution is -0.117. The highest BCUT2D eigenvalue weighted by atomic mass is 35.5. The highest BCUT2D eigenvalue weighted by molar-refractivity contribution is 5.91. The van der Waals surface area contributed by atoms with E-state index in [2.05, 4.69) is 17.2 Å². The minimum absolute atomic E-state index is 0. The molecule has 0 aliphatic carbocycles. The molecule has 1 amide bonds. The molecule has 2 aliphatic rings. The lowest BCUT2D eigenvalue weighted by atomic mass is 9.89. The lowest BCUT2D eigenvalue weighted by Crippen LogP contribution is -2.39. The summed E-state index contributed by atoms with van der Waals surface area (Å²) < 4.78 is 5.49. The second-order valence-corrected chi connectivity index (χ2v) is 6.36. The molecule has 3 rings (SSSR count). The summed E-state index contributed by atoms with van der Waals surface area (Å²) in [6.07, 6.45) is 7.12. The molecule has 2 heterocycles. The van der Waals surface area contributed by atoms with E-state index in [0.29, 0.717) is 31.0 Å². The number of hydrogen-bond acceptors (Lipinski definition) is 3. The average molecular weight is 337 g/mol.